The van der Waals surface area contributed by atoms with E-state index >= 15 is 0 Å². The van der Waals surface area contributed by atoms with Gasteiger partial charge >= 0.3 is 6.09 Å². The number of ether oxygens (including phenoxy) is 1. The number of alkyl carbamates (subject to hydrolysis) is 1. The summed E-state index contributed by atoms with van der Waals surface area (Å²) < 4.78 is 5.23. The van der Waals surface area contributed by atoms with Crippen LogP contribution in [0.25, 0.3) is 0 Å². The Morgan fingerprint density at radius 3 is 2.36 bits per heavy atom. The van der Waals surface area contributed by atoms with Gasteiger partial charge in [0, 0.05) is 18.3 Å². The van der Waals surface area contributed by atoms with Crippen molar-refractivity contribution in [1.82, 2.24) is 5.32 Å². The predicted octanol–water partition coefficient (Wildman–Crippen LogP) is 2.43. The number of carbonyl (C=O) groups is 3. The fourth-order valence-corrected chi connectivity index (χ4v) is 2.62. The molecule has 0 bridgehead atoms. The third kappa shape index (κ3) is 3.95. The summed E-state index contributed by atoms with van der Waals surface area (Å²) in [7, 11) is 0. The van der Waals surface area contributed by atoms with Crippen LogP contribution < -0.4 is 16.0 Å². The molecule has 0 aliphatic carbocycles. The Balaban J connectivity index is 1.76. The summed E-state index contributed by atoms with van der Waals surface area (Å²) in [5, 5.41) is 7.90. The average molecular weight is 339 g/mol. The standard InChI is InChI=1S/C18H17N3O4/c1-11(22)19-13-8-5-9-14(10-13)20-17(23)15-16(25-18(24)21-15)12-6-3-2-4-7-12/h2-10,15-16H,1H3,(H,19,22)(H,20,23)(H,21,24). The molecule has 1 saturated heterocycles. The van der Waals surface area contributed by atoms with Crippen LogP contribution in [0.4, 0.5) is 16.2 Å². The lowest BCUT2D eigenvalue weighted by molar-refractivity contribution is -0.119. The van der Waals surface area contributed by atoms with Crippen LogP contribution in [0.3, 0.4) is 0 Å². The van der Waals surface area contributed by atoms with Gasteiger partial charge < -0.3 is 20.7 Å². The van der Waals surface area contributed by atoms with Gasteiger partial charge in [0.05, 0.1) is 0 Å². The van der Waals surface area contributed by atoms with Gasteiger partial charge in [0.1, 0.15) is 0 Å². The number of hydrogen-bond acceptors (Lipinski definition) is 4. The van der Waals surface area contributed by atoms with Gasteiger partial charge in [-0.1, -0.05) is 36.4 Å². The van der Waals surface area contributed by atoms with Gasteiger partial charge in [-0.15, -0.1) is 0 Å². The Labute approximate surface area is 144 Å². The molecule has 1 aliphatic heterocycles. The molecule has 0 saturated carbocycles. The third-order valence-electron chi connectivity index (χ3n) is 3.67. The maximum Gasteiger partial charge on any atom is 0.408 e. The van der Waals surface area contributed by atoms with Gasteiger partial charge in [0.25, 0.3) is 5.91 Å². The second kappa shape index (κ2) is 7.04. The first kappa shape index (κ1) is 16.5. The lowest BCUT2D eigenvalue weighted by Crippen LogP contribution is -2.40. The summed E-state index contributed by atoms with van der Waals surface area (Å²) in [5.41, 5.74) is 1.80. The lowest BCUT2D eigenvalue weighted by Gasteiger charge is -2.17. The topological polar surface area (TPSA) is 96.5 Å². The minimum absolute atomic E-state index is 0.205. The fraction of sp³-hybridized carbons (Fsp3) is 0.167. The molecule has 7 heteroatoms. The molecule has 1 heterocycles. The van der Waals surface area contributed by atoms with Crippen molar-refractivity contribution in [3.63, 3.8) is 0 Å². The maximum atomic E-state index is 12.6. The van der Waals surface area contributed by atoms with Crippen LogP contribution in [0.15, 0.2) is 54.6 Å². The van der Waals surface area contributed by atoms with E-state index in [1.54, 1.807) is 36.4 Å². The van der Waals surface area contributed by atoms with Crippen molar-refractivity contribution in [2.45, 2.75) is 19.1 Å². The molecule has 1 fully saturated rings. The van der Waals surface area contributed by atoms with Crippen LogP contribution in [-0.2, 0) is 14.3 Å². The summed E-state index contributed by atoms with van der Waals surface area (Å²) in [4.78, 5) is 35.3. The average Bonchev–Trinajstić information content (AvgIpc) is 2.97. The van der Waals surface area contributed by atoms with Crippen molar-refractivity contribution in [3.8, 4) is 0 Å². The Morgan fingerprint density at radius 1 is 1.00 bits per heavy atom. The molecule has 0 spiro atoms. The molecular weight excluding hydrogens is 322 g/mol. The van der Waals surface area contributed by atoms with Gasteiger partial charge in [-0.05, 0) is 23.8 Å². The van der Waals surface area contributed by atoms with Crippen molar-refractivity contribution in [2.75, 3.05) is 10.6 Å². The molecule has 0 radical (unpaired) electrons. The second-order valence-electron chi connectivity index (χ2n) is 5.61. The highest BCUT2D eigenvalue weighted by Crippen LogP contribution is 2.27. The van der Waals surface area contributed by atoms with Crippen molar-refractivity contribution in [2.24, 2.45) is 0 Å². The molecule has 2 aromatic carbocycles. The molecule has 0 aromatic heterocycles. The molecular formula is C18H17N3O4. The summed E-state index contributed by atoms with van der Waals surface area (Å²) in [6, 6.07) is 15.0. The number of cyclic esters (lactones) is 1. The van der Waals surface area contributed by atoms with Gasteiger partial charge in [0.15, 0.2) is 12.1 Å². The highest BCUT2D eigenvalue weighted by Gasteiger charge is 2.40. The van der Waals surface area contributed by atoms with E-state index in [0.717, 1.165) is 5.56 Å². The summed E-state index contributed by atoms with van der Waals surface area (Å²) in [6.45, 7) is 1.40. The smallest absolute Gasteiger partial charge is 0.408 e. The molecule has 7 nitrogen and oxygen atoms in total. The Morgan fingerprint density at radius 2 is 1.68 bits per heavy atom. The zero-order valence-corrected chi connectivity index (χ0v) is 13.5. The molecule has 3 N–H and O–H groups in total. The van der Waals surface area contributed by atoms with Gasteiger partial charge in [-0.2, -0.15) is 0 Å². The monoisotopic (exact) mass is 339 g/mol. The summed E-state index contributed by atoms with van der Waals surface area (Å²) in [6.07, 6.45) is -1.34. The van der Waals surface area contributed by atoms with Gasteiger partial charge in [0.2, 0.25) is 5.91 Å². The van der Waals surface area contributed by atoms with E-state index in [-0.39, 0.29) is 5.91 Å². The normalized spacial score (nSPS) is 18.8. The van der Waals surface area contributed by atoms with Crippen LogP contribution in [0.1, 0.15) is 18.6 Å². The van der Waals surface area contributed by atoms with Crippen LogP contribution in [0.5, 0.6) is 0 Å². The van der Waals surface area contributed by atoms with Crippen LogP contribution in [0.2, 0.25) is 0 Å². The molecule has 1 aliphatic rings. The summed E-state index contributed by atoms with van der Waals surface area (Å²) in [5.74, 6) is -0.608. The van der Waals surface area contributed by atoms with Gasteiger partial charge in [-0.3, -0.25) is 9.59 Å². The number of benzene rings is 2. The number of nitrogens with one attached hydrogen (secondary N) is 3. The molecule has 2 unspecified atom stereocenters. The zero-order chi connectivity index (χ0) is 17.8. The molecule has 25 heavy (non-hydrogen) atoms. The SMILES string of the molecule is CC(=O)Nc1cccc(NC(=O)C2NC(=O)OC2c2ccccc2)c1. The fourth-order valence-electron chi connectivity index (χ4n) is 2.62. The van der Waals surface area contributed by atoms with E-state index in [1.165, 1.54) is 6.92 Å². The number of carbonyl (C=O) groups excluding carboxylic acids is 3. The van der Waals surface area contributed by atoms with Crippen LogP contribution in [-0.4, -0.2) is 23.9 Å². The predicted molar refractivity (Wildman–Crippen MR) is 92.0 cm³/mol. The van der Waals surface area contributed by atoms with Crippen molar-refractivity contribution >= 4 is 29.3 Å². The number of hydrogen-bond donors (Lipinski definition) is 3. The Kier molecular flexibility index (Phi) is 4.65. The van der Waals surface area contributed by atoms with E-state index in [0.29, 0.717) is 11.4 Å². The minimum Gasteiger partial charge on any atom is -0.439 e. The Bertz CT molecular complexity index is 807. The largest absolute Gasteiger partial charge is 0.439 e. The van der Waals surface area contributed by atoms with E-state index < -0.39 is 24.1 Å². The molecule has 3 amide bonds. The lowest BCUT2D eigenvalue weighted by atomic mass is 10.0. The first-order valence-corrected chi connectivity index (χ1v) is 7.73. The van der Waals surface area contributed by atoms with Crippen molar-refractivity contribution < 1.29 is 19.1 Å². The minimum atomic E-state index is -0.848. The number of rotatable bonds is 4. The van der Waals surface area contributed by atoms with Crippen molar-refractivity contribution in [1.29, 1.82) is 0 Å². The highest BCUT2D eigenvalue weighted by molar-refractivity contribution is 5.99. The highest BCUT2D eigenvalue weighted by atomic mass is 16.6. The molecule has 3 rings (SSSR count). The molecule has 2 atom stereocenters. The van der Waals surface area contributed by atoms with E-state index in [2.05, 4.69) is 16.0 Å². The third-order valence-corrected chi connectivity index (χ3v) is 3.67. The van der Waals surface area contributed by atoms with E-state index in [1.807, 2.05) is 18.2 Å². The van der Waals surface area contributed by atoms with Gasteiger partial charge in [-0.25, -0.2) is 4.79 Å². The number of amides is 3. The van der Waals surface area contributed by atoms with Crippen molar-refractivity contribution in [3.05, 3.63) is 60.2 Å². The van der Waals surface area contributed by atoms with Crippen LogP contribution >= 0.6 is 0 Å². The van der Waals surface area contributed by atoms with E-state index in [4.69, 9.17) is 4.74 Å². The second-order valence-corrected chi connectivity index (χ2v) is 5.61. The zero-order valence-electron chi connectivity index (χ0n) is 13.5. The first-order chi connectivity index (χ1) is 12.0. The Hall–Kier alpha value is -3.35. The van der Waals surface area contributed by atoms with Crippen LogP contribution in [0, 0.1) is 0 Å². The molecule has 2 aromatic rings. The quantitative estimate of drug-likeness (QED) is 0.797. The molecule has 128 valence electrons. The maximum absolute atomic E-state index is 12.6. The number of anilines is 2. The first-order valence-electron chi connectivity index (χ1n) is 7.73. The van der Waals surface area contributed by atoms with E-state index in [9.17, 15) is 14.4 Å². The summed E-state index contributed by atoms with van der Waals surface area (Å²) >= 11 is 0.